The highest BCUT2D eigenvalue weighted by Gasteiger charge is 2.27. The highest BCUT2D eigenvalue weighted by molar-refractivity contribution is 7.98. The Balaban J connectivity index is 4.92. The number of primary amides is 1. The van der Waals surface area contributed by atoms with Crippen molar-refractivity contribution in [3.8, 4) is 0 Å². The van der Waals surface area contributed by atoms with Crippen LogP contribution in [0, 0.1) is 0 Å². The van der Waals surface area contributed by atoms with Gasteiger partial charge in [-0.05, 0) is 31.8 Å². The Morgan fingerprint density at radius 1 is 1.00 bits per heavy atom. The summed E-state index contributed by atoms with van der Waals surface area (Å²) in [7, 11) is 0. The number of carboxylic acids is 1. The Kier molecular flexibility index (Phi) is 13.1. The van der Waals surface area contributed by atoms with Crippen LogP contribution in [-0.2, 0) is 24.0 Å². The van der Waals surface area contributed by atoms with Crippen LogP contribution in [0.3, 0.4) is 0 Å². The number of aliphatic carboxylic acids is 1. The number of nitrogens with two attached hydrogens (primary N) is 2. The van der Waals surface area contributed by atoms with Crippen molar-refractivity contribution in [2.75, 3.05) is 17.8 Å². The van der Waals surface area contributed by atoms with Crippen molar-refractivity contribution >= 4 is 54.0 Å². The van der Waals surface area contributed by atoms with Crippen LogP contribution in [0.5, 0.6) is 0 Å². The maximum atomic E-state index is 12.5. The molecule has 166 valence electrons. The van der Waals surface area contributed by atoms with Gasteiger partial charge in [0.25, 0.3) is 0 Å². The van der Waals surface area contributed by atoms with Gasteiger partial charge in [-0.25, -0.2) is 4.79 Å². The molecule has 8 N–H and O–H groups in total. The van der Waals surface area contributed by atoms with Crippen molar-refractivity contribution < 1.29 is 29.1 Å². The van der Waals surface area contributed by atoms with Crippen LogP contribution in [0.15, 0.2) is 0 Å². The number of nitrogens with one attached hydrogen (secondary N) is 3. The minimum Gasteiger partial charge on any atom is -0.480 e. The lowest BCUT2D eigenvalue weighted by molar-refractivity contribution is -0.141. The molecule has 29 heavy (non-hydrogen) atoms. The Bertz CT molecular complexity index is 606. The summed E-state index contributed by atoms with van der Waals surface area (Å²) in [5.74, 6) is -3.34. The van der Waals surface area contributed by atoms with E-state index in [4.69, 9.17) is 16.6 Å². The van der Waals surface area contributed by atoms with Crippen LogP contribution >= 0.6 is 24.4 Å². The summed E-state index contributed by atoms with van der Waals surface area (Å²) in [5, 5.41) is 16.2. The molecule has 4 unspecified atom stereocenters. The molecule has 0 rings (SSSR count). The highest BCUT2D eigenvalue weighted by Crippen LogP contribution is 2.04. The summed E-state index contributed by atoms with van der Waals surface area (Å²) in [5.41, 5.74) is 10.7. The normalized spacial score (nSPS) is 14.8. The lowest BCUT2D eigenvalue weighted by atomic mass is 10.1. The van der Waals surface area contributed by atoms with Crippen LogP contribution in [0.1, 0.15) is 26.2 Å². The van der Waals surface area contributed by atoms with E-state index in [-0.39, 0.29) is 25.0 Å². The van der Waals surface area contributed by atoms with E-state index in [0.717, 1.165) is 0 Å². The van der Waals surface area contributed by atoms with Gasteiger partial charge in [0.15, 0.2) is 0 Å². The minimum atomic E-state index is -1.25. The molecule has 13 heteroatoms. The molecule has 0 radical (unpaired) electrons. The fraction of sp³-hybridized carbons (Fsp3) is 0.688. The molecule has 0 aromatic rings. The van der Waals surface area contributed by atoms with Crippen molar-refractivity contribution in [3.05, 3.63) is 0 Å². The van der Waals surface area contributed by atoms with Crippen molar-refractivity contribution in [1.29, 1.82) is 0 Å². The summed E-state index contributed by atoms with van der Waals surface area (Å²) >= 11 is 5.31. The van der Waals surface area contributed by atoms with Gasteiger partial charge in [0, 0.05) is 12.2 Å². The summed E-state index contributed by atoms with van der Waals surface area (Å²) in [6.07, 6.45) is 2.08. The second-order valence-corrected chi connectivity index (χ2v) is 7.62. The first-order valence-corrected chi connectivity index (χ1v) is 10.8. The Hall–Kier alpha value is -1.99. The van der Waals surface area contributed by atoms with E-state index in [1.807, 2.05) is 6.26 Å². The van der Waals surface area contributed by atoms with E-state index in [0.29, 0.717) is 5.75 Å². The Morgan fingerprint density at radius 3 is 2.07 bits per heavy atom. The predicted octanol–water partition coefficient (Wildman–Crippen LogP) is -2.18. The third-order valence-corrected chi connectivity index (χ3v) is 4.84. The standard InChI is InChI=1S/C16H29N5O6S2/c1-8(13(23)21-11(7-28)16(26)27)19-15(25)10(5-6-29-2)20-14(24)9(17)3-4-12(18)22/h8-11,28H,3-7,17H2,1-2H3,(H2,18,22)(H,19,25)(H,20,24)(H,21,23)(H,26,27). The first-order chi connectivity index (χ1) is 13.5. The number of carboxylic acid groups (broad SMARTS) is 1. The zero-order valence-electron chi connectivity index (χ0n) is 16.3. The third kappa shape index (κ3) is 10.9. The molecule has 0 aromatic heterocycles. The lowest BCUT2D eigenvalue weighted by Gasteiger charge is -2.23. The van der Waals surface area contributed by atoms with E-state index >= 15 is 0 Å². The number of thiol groups is 1. The van der Waals surface area contributed by atoms with Crippen molar-refractivity contribution in [3.63, 3.8) is 0 Å². The summed E-state index contributed by atoms with van der Waals surface area (Å²) in [6, 6.07) is -4.20. The molecule has 4 amide bonds. The summed E-state index contributed by atoms with van der Waals surface area (Å²) in [6.45, 7) is 1.39. The zero-order valence-corrected chi connectivity index (χ0v) is 18.1. The molecular weight excluding hydrogens is 422 g/mol. The molecule has 0 aromatic carbocycles. The van der Waals surface area contributed by atoms with Gasteiger partial charge in [0.05, 0.1) is 6.04 Å². The average Bonchev–Trinajstić information content (AvgIpc) is 2.66. The molecule has 0 aliphatic carbocycles. The number of rotatable bonds is 14. The largest absolute Gasteiger partial charge is 0.480 e. The van der Waals surface area contributed by atoms with E-state index in [1.54, 1.807) is 0 Å². The molecular formula is C16H29N5O6S2. The number of hydrogen-bond acceptors (Lipinski definition) is 8. The highest BCUT2D eigenvalue weighted by atomic mass is 32.2. The average molecular weight is 452 g/mol. The monoisotopic (exact) mass is 451 g/mol. The Morgan fingerprint density at radius 2 is 1.59 bits per heavy atom. The quantitative estimate of drug-likeness (QED) is 0.145. The lowest BCUT2D eigenvalue weighted by Crippen LogP contribution is -2.56. The fourth-order valence-corrected chi connectivity index (χ4v) is 2.79. The molecule has 11 nitrogen and oxygen atoms in total. The summed E-state index contributed by atoms with van der Waals surface area (Å²) < 4.78 is 0. The van der Waals surface area contributed by atoms with Crippen LogP contribution in [0.4, 0.5) is 0 Å². The van der Waals surface area contributed by atoms with Gasteiger partial charge in [0.1, 0.15) is 18.1 Å². The number of thioether (sulfide) groups is 1. The van der Waals surface area contributed by atoms with Crippen LogP contribution < -0.4 is 27.4 Å². The van der Waals surface area contributed by atoms with Gasteiger partial charge >= 0.3 is 5.97 Å². The van der Waals surface area contributed by atoms with Gasteiger partial charge in [-0.1, -0.05) is 0 Å². The predicted molar refractivity (Wildman–Crippen MR) is 112 cm³/mol. The van der Waals surface area contributed by atoms with Gasteiger partial charge in [-0.15, -0.1) is 0 Å². The SMILES string of the molecule is CSCCC(NC(=O)C(N)CCC(N)=O)C(=O)NC(C)C(=O)NC(CS)C(=O)O. The number of carbonyl (C=O) groups is 5. The number of amides is 4. The van der Waals surface area contributed by atoms with Crippen molar-refractivity contribution in [2.45, 2.75) is 50.4 Å². The van der Waals surface area contributed by atoms with Gasteiger partial charge < -0.3 is 32.5 Å². The van der Waals surface area contributed by atoms with Gasteiger partial charge in [-0.2, -0.15) is 24.4 Å². The van der Waals surface area contributed by atoms with Crippen LogP contribution in [0.25, 0.3) is 0 Å². The third-order valence-electron chi connectivity index (χ3n) is 3.83. The molecule has 0 saturated heterocycles. The minimum absolute atomic E-state index is 0.0388. The van der Waals surface area contributed by atoms with E-state index in [9.17, 15) is 24.0 Å². The first-order valence-electron chi connectivity index (χ1n) is 8.81. The molecule has 0 spiro atoms. The first kappa shape index (κ1) is 27.0. The second kappa shape index (κ2) is 14.1. The molecule has 0 heterocycles. The molecule has 4 atom stereocenters. The number of hydrogen-bond donors (Lipinski definition) is 7. The van der Waals surface area contributed by atoms with Gasteiger partial charge in [0.2, 0.25) is 23.6 Å². The maximum absolute atomic E-state index is 12.5. The van der Waals surface area contributed by atoms with Crippen molar-refractivity contribution in [2.24, 2.45) is 11.5 Å². The maximum Gasteiger partial charge on any atom is 0.327 e. The van der Waals surface area contributed by atoms with Crippen LogP contribution in [0.2, 0.25) is 0 Å². The van der Waals surface area contributed by atoms with E-state index in [1.165, 1.54) is 18.7 Å². The number of carbonyl (C=O) groups excluding carboxylic acids is 4. The fourth-order valence-electron chi connectivity index (χ4n) is 2.07. The Labute approximate surface area is 178 Å². The molecule has 0 saturated carbocycles. The second-order valence-electron chi connectivity index (χ2n) is 6.27. The molecule has 0 aliphatic heterocycles. The molecule has 0 aliphatic rings. The zero-order chi connectivity index (χ0) is 22.6. The topological polar surface area (TPSA) is 194 Å². The van der Waals surface area contributed by atoms with E-state index in [2.05, 4.69) is 28.6 Å². The molecule has 0 bridgehead atoms. The van der Waals surface area contributed by atoms with Crippen molar-refractivity contribution in [1.82, 2.24) is 16.0 Å². The van der Waals surface area contributed by atoms with Gasteiger partial charge in [-0.3, -0.25) is 19.2 Å². The smallest absolute Gasteiger partial charge is 0.327 e. The van der Waals surface area contributed by atoms with Crippen LogP contribution in [-0.4, -0.2) is 76.6 Å². The van der Waals surface area contributed by atoms with E-state index < -0.39 is 53.8 Å². The summed E-state index contributed by atoms with van der Waals surface area (Å²) in [4.78, 5) is 58.6. The molecule has 0 fully saturated rings.